The Balaban J connectivity index is 0.000001000. The SMILES string of the molecule is C[C@@H]1CNCC2Cc3ccc4c(c3N21)CCC4.Cl. The minimum atomic E-state index is 0. The molecule has 2 nitrogen and oxygen atoms in total. The summed E-state index contributed by atoms with van der Waals surface area (Å²) < 4.78 is 0. The van der Waals surface area contributed by atoms with Gasteiger partial charge in [0.1, 0.15) is 0 Å². The molecule has 2 atom stereocenters. The topological polar surface area (TPSA) is 15.3 Å². The second kappa shape index (κ2) is 4.43. The highest BCUT2D eigenvalue weighted by Gasteiger charge is 2.37. The van der Waals surface area contributed by atoms with E-state index in [9.17, 15) is 0 Å². The van der Waals surface area contributed by atoms with Crippen molar-refractivity contribution in [2.24, 2.45) is 0 Å². The minimum absolute atomic E-state index is 0. The fourth-order valence-electron chi connectivity index (χ4n) is 4.02. The van der Waals surface area contributed by atoms with Crippen molar-refractivity contribution in [2.45, 2.75) is 44.7 Å². The molecule has 0 radical (unpaired) electrons. The largest absolute Gasteiger partial charge is 0.362 e. The standard InChI is InChI=1S/C15H20N2.ClH/c1-10-8-16-9-13-7-12-6-5-11-3-2-4-14(11)15(12)17(10)13;/h5-6,10,13,16H,2-4,7-9H2,1H3;1H/t10-,13?;/m1./s1. The average molecular weight is 265 g/mol. The van der Waals surface area contributed by atoms with Gasteiger partial charge in [-0.05, 0) is 49.3 Å². The second-order valence-corrected chi connectivity index (χ2v) is 5.84. The number of hydrogen-bond acceptors (Lipinski definition) is 2. The van der Waals surface area contributed by atoms with Crippen molar-refractivity contribution in [2.75, 3.05) is 18.0 Å². The van der Waals surface area contributed by atoms with Gasteiger partial charge >= 0.3 is 0 Å². The third-order valence-corrected chi connectivity index (χ3v) is 4.74. The summed E-state index contributed by atoms with van der Waals surface area (Å²) in [6.45, 7) is 4.66. The van der Waals surface area contributed by atoms with Gasteiger partial charge in [-0.2, -0.15) is 0 Å². The van der Waals surface area contributed by atoms with Crippen LogP contribution < -0.4 is 10.2 Å². The number of piperazine rings is 1. The first-order valence-electron chi connectivity index (χ1n) is 6.97. The maximum Gasteiger partial charge on any atom is 0.0459 e. The fraction of sp³-hybridized carbons (Fsp3) is 0.600. The van der Waals surface area contributed by atoms with Crippen LogP contribution in [-0.2, 0) is 19.3 Å². The van der Waals surface area contributed by atoms with Crippen molar-refractivity contribution in [3.63, 3.8) is 0 Å². The van der Waals surface area contributed by atoms with Gasteiger partial charge in [0.25, 0.3) is 0 Å². The Kier molecular flexibility index (Phi) is 3.03. The highest BCUT2D eigenvalue weighted by molar-refractivity contribution is 5.85. The minimum Gasteiger partial charge on any atom is -0.362 e. The van der Waals surface area contributed by atoms with Gasteiger partial charge in [0.2, 0.25) is 0 Å². The van der Waals surface area contributed by atoms with Crippen LogP contribution in [0.4, 0.5) is 5.69 Å². The summed E-state index contributed by atoms with van der Waals surface area (Å²) in [7, 11) is 0. The molecule has 0 saturated carbocycles. The number of aryl methyl sites for hydroxylation is 1. The van der Waals surface area contributed by atoms with Crippen LogP contribution in [0.25, 0.3) is 0 Å². The molecular weight excluding hydrogens is 244 g/mol. The van der Waals surface area contributed by atoms with Crippen LogP contribution >= 0.6 is 12.4 Å². The van der Waals surface area contributed by atoms with E-state index in [-0.39, 0.29) is 12.4 Å². The van der Waals surface area contributed by atoms with Gasteiger partial charge in [-0.1, -0.05) is 12.1 Å². The van der Waals surface area contributed by atoms with E-state index < -0.39 is 0 Å². The Hall–Kier alpha value is -0.730. The first-order valence-corrected chi connectivity index (χ1v) is 6.97. The smallest absolute Gasteiger partial charge is 0.0459 e. The van der Waals surface area contributed by atoms with Crippen LogP contribution in [-0.4, -0.2) is 25.2 Å². The number of fused-ring (bicyclic) bond motifs is 5. The fourth-order valence-corrected chi connectivity index (χ4v) is 4.02. The molecule has 1 aromatic rings. The number of anilines is 1. The molecule has 2 aliphatic heterocycles. The van der Waals surface area contributed by atoms with E-state index in [0.29, 0.717) is 12.1 Å². The van der Waals surface area contributed by atoms with Gasteiger partial charge in [0.05, 0.1) is 0 Å². The molecule has 0 aromatic heterocycles. The number of rotatable bonds is 0. The molecule has 1 saturated heterocycles. The molecule has 98 valence electrons. The molecule has 1 unspecified atom stereocenters. The van der Waals surface area contributed by atoms with E-state index in [1.807, 2.05) is 0 Å². The first-order chi connectivity index (χ1) is 8.34. The maximum absolute atomic E-state index is 3.57. The Labute approximate surface area is 115 Å². The third-order valence-electron chi connectivity index (χ3n) is 4.74. The lowest BCUT2D eigenvalue weighted by molar-refractivity contribution is 0.429. The summed E-state index contributed by atoms with van der Waals surface area (Å²) in [5.41, 5.74) is 6.53. The number of benzene rings is 1. The van der Waals surface area contributed by atoms with E-state index in [2.05, 4.69) is 29.3 Å². The Morgan fingerprint density at radius 1 is 1.17 bits per heavy atom. The third kappa shape index (κ3) is 1.59. The van der Waals surface area contributed by atoms with Crippen molar-refractivity contribution < 1.29 is 0 Å². The van der Waals surface area contributed by atoms with Gasteiger partial charge in [0.15, 0.2) is 0 Å². The molecule has 18 heavy (non-hydrogen) atoms. The maximum atomic E-state index is 3.57. The van der Waals surface area contributed by atoms with E-state index in [4.69, 9.17) is 0 Å². The van der Waals surface area contributed by atoms with E-state index in [1.165, 1.54) is 25.7 Å². The molecule has 1 aromatic carbocycles. The van der Waals surface area contributed by atoms with Gasteiger partial charge in [0, 0.05) is 30.9 Å². The van der Waals surface area contributed by atoms with E-state index in [1.54, 1.807) is 22.4 Å². The molecule has 0 spiro atoms. The molecule has 0 bridgehead atoms. The van der Waals surface area contributed by atoms with Gasteiger partial charge in [-0.15, -0.1) is 12.4 Å². The summed E-state index contributed by atoms with van der Waals surface area (Å²) in [4.78, 5) is 2.72. The molecular formula is C15H21ClN2. The number of halogens is 1. The van der Waals surface area contributed by atoms with Crippen LogP contribution in [0.3, 0.4) is 0 Å². The summed E-state index contributed by atoms with van der Waals surface area (Å²) in [6.07, 6.45) is 5.21. The van der Waals surface area contributed by atoms with Crippen molar-refractivity contribution in [3.8, 4) is 0 Å². The van der Waals surface area contributed by atoms with Crippen LogP contribution in [0, 0.1) is 0 Å². The quantitative estimate of drug-likeness (QED) is 0.774. The monoisotopic (exact) mass is 264 g/mol. The first kappa shape index (κ1) is 12.3. The van der Waals surface area contributed by atoms with Crippen LogP contribution in [0.5, 0.6) is 0 Å². The molecule has 0 amide bonds. The van der Waals surface area contributed by atoms with Gasteiger partial charge in [-0.3, -0.25) is 0 Å². The predicted octanol–water partition coefficient (Wildman–Crippen LogP) is 2.32. The highest BCUT2D eigenvalue weighted by Crippen LogP contribution is 2.42. The van der Waals surface area contributed by atoms with E-state index in [0.717, 1.165) is 13.1 Å². The van der Waals surface area contributed by atoms with Crippen LogP contribution in [0.2, 0.25) is 0 Å². The lowest BCUT2D eigenvalue weighted by Gasteiger charge is -2.39. The van der Waals surface area contributed by atoms with Gasteiger partial charge in [-0.25, -0.2) is 0 Å². The van der Waals surface area contributed by atoms with E-state index >= 15 is 0 Å². The second-order valence-electron chi connectivity index (χ2n) is 5.84. The van der Waals surface area contributed by atoms with Crippen molar-refractivity contribution in [1.82, 2.24) is 5.32 Å². The molecule has 3 aliphatic rings. The molecule has 4 rings (SSSR count). The zero-order valence-corrected chi connectivity index (χ0v) is 11.7. The Morgan fingerprint density at radius 2 is 2.00 bits per heavy atom. The summed E-state index contributed by atoms with van der Waals surface area (Å²) >= 11 is 0. The molecule has 1 aliphatic carbocycles. The number of nitrogens with one attached hydrogen (secondary N) is 1. The van der Waals surface area contributed by atoms with Crippen LogP contribution in [0.15, 0.2) is 12.1 Å². The zero-order valence-electron chi connectivity index (χ0n) is 10.9. The Morgan fingerprint density at radius 3 is 2.89 bits per heavy atom. The molecule has 3 heteroatoms. The summed E-state index contributed by atoms with van der Waals surface area (Å²) in [5.74, 6) is 0. The molecule has 1 N–H and O–H groups in total. The van der Waals surface area contributed by atoms with Gasteiger partial charge < -0.3 is 10.2 Å². The van der Waals surface area contributed by atoms with Crippen molar-refractivity contribution >= 4 is 18.1 Å². The van der Waals surface area contributed by atoms with Crippen LogP contribution in [0.1, 0.15) is 30.0 Å². The Bertz CT molecular complexity index is 472. The molecule has 1 fully saturated rings. The lowest BCUT2D eigenvalue weighted by Crippen LogP contribution is -2.55. The van der Waals surface area contributed by atoms with Crippen molar-refractivity contribution in [1.29, 1.82) is 0 Å². The van der Waals surface area contributed by atoms with Crippen molar-refractivity contribution in [3.05, 3.63) is 28.8 Å². The number of hydrogen-bond donors (Lipinski definition) is 1. The predicted molar refractivity (Wildman–Crippen MR) is 78.0 cm³/mol. The summed E-state index contributed by atoms with van der Waals surface area (Å²) in [6, 6.07) is 6.14. The molecule has 2 heterocycles. The lowest BCUT2D eigenvalue weighted by atomic mass is 10.0. The highest BCUT2D eigenvalue weighted by atomic mass is 35.5. The normalized spacial score (nSPS) is 28.4. The number of nitrogens with zero attached hydrogens (tertiary/aromatic N) is 1. The zero-order chi connectivity index (χ0) is 11.4. The average Bonchev–Trinajstić information content (AvgIpc) is 2.91. The summed E-state index contributed by atoms with van der Waals surface area (Å²) in [5, 5.41) is 3.57.